The smallest absolute Gasteiger partial charge is 0.254 e. The Labute approximate surface area is 113 Å². The molecule has 0 saturated carbocycles. The van der Waals surface area contributed by atoms with Gasteiger partial charge in [0.1, 0.15) is 0 Å². The highest BCUT2D eigenvalue weighted by molar-refractivity contribution is 5.98. The van der Waals surface area contributed by atoms with E-state index in [2.05, 4.69) is 10.5 Å². The molecule has 0 heterocycles. The van der Waals surface area contributed by atoms with Crippen LogP contribution in [-0.2, 0) is 0 Å². The van der Waals surface area contributed by atoms with Crippen molar-refractivity contribution in [3.63, 3.8) is 0 Å². The minimum absolute atomic E-state index is 0.261. The van der Waals surface area contributed by atoms with E-state index in [9.17, 15) is 18.0 Å². The number of amidine groups is 1. The van der Waals surface area contributed by atoms with Gasteiger partial charge in [0.15, 0.2) is 23.3 Å². The van der Waals surface area contributed by atoms with Gasteiger partial charge in [0.05, 0.1) is 11.6 Å². The third-order valence-corrected chi connectivity index (χ3v) is 2.67. The molecule has 0 fully saturated rings. The third kappa shape index (κ3) is 3.19. The van der Waals surface area contributed by atoms with Gasteiger partial charge < -0.3 is 16.3 Å². The first-order valence-corrected chi connectivity index (χ1v) is 5.71. The second-order valence-electron chi connectivity index (χ2n) is 4.44. The van der Waals surface area contributed by atoms with Gasteiger partial charge in [-0.15, -0.1) is 0 Å². The summed E-state index contributed by atoms with van der Waals surface area (Å²) >= 11 is 0. The molecule has 110 valence electrons. The average Bonchev–Trinajstić information content (AvgIpc) is 2.40. The second-order valence-corrected chi connectivity index (χ2v) is 4.44. The molecule has 1 aromatic carbocycles. The van der Waals surface area contributed by atoms with Gasteiger partial charge >= 0.3 is 0 Å². The van der Waals surface area contributed by atoms with E-state index in [4.69, 9.17) is 10.9 Å². The minimum atomic E-state index is -1.73. The van der Waals surface area contributed by atoms with Gasteiger partial charge in [-0.05, 0) is 18.1 Å². The molecule has 1 rings (SSSR count). The van der Waals surface area contributed by atoms with E-state index in [0.29, 0.717) is 6.07 Å². The molecule has 1 atom stereocenters. The molecule has 0 radical (unpaired) electrons. The van der Waals surface area contributed by atoms with Crippen molar-refractivity contribution in [2.75, 3.05) is 0 Å². The van der Waals surface area contributed by atoms with E-state index >= 15 is 0 Å². The Morgan fingerprint density at radius 3 is 2.40 bits per heavy atom. The topological polar surface area (TPSA) is 87.7 Å². The Morgan fingerprint density at radius 1 is 1.30 bits per heavy atom. The lowest BCUT2D eigenvalue weighted by Gasteiger charge is -2.21. The summed E-state index contributed by atoms with van der Waals surface area (Å²) < 4.78 is 39.3. The number of carbonyl (C=O) groups is 1. The zero-order valence-electron chi connectivity index (χ0n) is 10.8. The van der Waals surface area contributed by atoms with Gasteiger partial charge in [-0.1, -0.05) is 19.0 Å². The first-order valence-electron chi connectivity index (χ1n) is 5.71. The Hall–Kier alpha value is -2.25. The van der Waals surface area contributed by atoms with E-state index in [0.717, 1.165) is 6.07 Å². The maximum absolute atomic E-state index is 13.5. The summed E-state index contributed by atoms with van der Waals surface area (Å²) in [5.41, 5.74) is 4.73. The molecule has 1 amide bonds. The number of amides is 1. The number of carbonyl (C=O) groups excluding carboxylic acids is 1. The first-order chi connectivity index (χ1) is 9.29. The summed E-state index contributed by atoms with van der Waals surface area (Å²) in [6.07, 6.45) is 0. The SMILES string of the molecule is CC(C)C(NC(=O)c1ccc(F)c(F)c1F)C(N)=NO. The Balaban J connectivity index is 3.04. The number of oxime groups is 1. The summed E-state index contributed by atoms with van der Waals surface area (Å²) in [6, 6.07) is 0.577. The normalized spacial score (nSPS) is 13.4. The summed E-state index contributed by atoms with van der Waals surface area (Å²) in [5.74, 6) is -6.26. The number of benzene rings is 1. The summed E-state index contributed by atoms with van der Waals surface area (Å²) in [5, 5.41) is 13.7. The Morgan fingerprint density at radius 2 is 1.90 bits per heavy atom. The molecule has 1 aromatic rings. The van der Waals surface area contributed by atoms with Crippen LogP contribution in [0.4, 0.5) is 13.2 Å². The standard InChI is InChI=1S/C12H14F3N3O2/c1-5(2)10(11(16)18-20)17-12(19)6-3-4-7(13)9(15)8(6)14/h3-5,10,20H,1-2H3,(H2,16,18)(H,17,19). The monoisotopic (exact) mass is 289 g/mol. The Kier molecular flexibility index (Phi) is 4.95. The van der Waals surface area contributed by atoms with E-state index in [1.54, 1.807) is 13.8 Å². The highest BCUT2D eigenvalue weighted by Gasteiger charge is 2.24. The lowest BCUT2D eigenvalue weighted by atomic mass is 10.0. The van der Waals surface area contributed by atoms with Crippen LogP contribution in [0, 0.1) is 23.4 Å². The van der Waals surface area contributed by atoms with Gasteiger partial charge in [-0.3, -0.25) is 4.79 Å². The molecule has 1 unspecified atom stereocenters. The number of halogens is 3. The number of rotatable bonds is 4. The molecule has 0 saturated heterocycles. The van der Waals surface area contributed by atoms with E-state index in [1.807, 2.05) is 0 Å². The second kappa shape index (κ2) is 6.27. The number of hydrogen-bond acceptors (Lipinski definition) is 3. The highest BCUT2D eigenvalue weighted by Crippen LogP contribution is 2.15. The fraction of sp³-hybridized carbons (Fsp3) is 0.333. The molecule has 20 heavy (non-hydrogen) atoms. The van der Waals surface area contributed by atoms with Crippen molar-refractivity contribution >= 4 is 11.7 Å². The Bertz CT molecular complexity index is 547. The summed E-state index contributed by atoms with van der Waals surface area (Å²) in [7, 11) is 0. The van der Waals surface area contributed by atoms with E-state index in [-0.39, 0.29) is 11.8 Å². The lowest BCUT2D eigenvalue weighted by molar-refractivity contribution is 0.0933. The quantitative estimate of drug-likeness (QED) is 0.259. The molecule has 0 aliphatic rings. The van der Waals surface area contributed by atoms with Gasteiger partial charge in [-0.2, -0.15) is 0 Å². The molecular weight excluding hydrogens is 275 g/mol. The number of nitrogens with zero attached hydrogens (tertiary/aromatic N) is 1. The predicted octanol–water partition coefficient (Wildman–Crippen LogP) is 1.60. The van der Waals surface area contributed by atoms with Crippen molar-refractivity contribution in [3.8, 4) is 0 Å². The van der Waals surface area contributed by atoms with Crippen LogP contribution in [0.3, 0.4) is 0 Å². The van der Waals surface area contributed by atoms with E-state index < -0.39 is 35.0 Å². The molecule has 0 aliphatic carbocycles. The number of hydrogen-bond donors (Lipinski definition) is 3. The van der Waals surface area contributed by atoms with Crippen LogP contribution in [0.5, 0.6) is 0 Å². The van der Waals surface area contributed by atoms with Crippen molar-refractivity contribution in [1.29, 1.82) is 0 Å². The third-order valence-electron chi connectivity index (χ3n) is 2.67. The van der Waals surface area contributed by atoms with Gasteiger partial charge in [0, 0.05) is 0 Å². The molecule has 0 aliphatic heterocycles. The van der Waals surface area contributed by atoms with Crippen molar-refractivity contribution in [2.45, 2.75) is 19.9 Å². The van der Waals surface area contributed by atoms with Gasteiger partial charge in [-0.25, -0.2) is 13.2 Å². The van der Waals surface area contributed by atoms with Crippen LogP contribution in [0.25, 0.3) is 0 Å². The summed E-state index contributed by atoms with van der Waals surface area (Å²) in [6.45, 7) is 3.34. The molecule has 0 aromatic heterocycles. The van der Waals surface area contributed by atoms with Gasteiger partial charge in [0.2, 0.25) is 0 Å². The summed E-state index contributed by atoms with van der Waals surface area (Å²) in [4.78, 5) is 11.8. The van der Waals surface area contributed by atoms with Crippen molar-refractivity contribution in [2.24, 2.45) is 16.8 Å². The zero-order chi connectivity index (χ0) is 15.4. The maximum Gasteiger partial charge on any atom is 0.254 e. The predicted molar refractivity (Wildman–Crippen MR) is 65.8 cm³/mol. The van der Waals surface area contributed by atoms with Crippen LogP contribution in [0.2, 0.25) is 0 Å². The number of nitrogens with one attached hydrogen (secondary N) is 1. The average molecular weight is 289 g/mol. The van der Waals surface area contributed by atoms with Crippen molar-refractivity contribution in [1.82, 2.24) is 5.32 Å². The fourth-order valence-electron chi connectivity index (χ4n) is 1.56. The van der Waals surface area contributed by atoms with Crippen LogP contribution >= 0.6 is 0 Å². The highest BCUT2D eigenvalue weighted by atomic mass is 19.2. The molecule has 5 nitrogen and oxygen atoms in total. The van der Waals surface area contributed by atoms with Crippen LogP contribution in [0.15, 0.2) is 17.3 Å². The van der Waals surface area contributed by atoms with Gasteiger partial charge in [0.25, 0.3) is 5.91 Å². The van der Waals surface area contributed by atoms with E-state index in [1.165, 1.54) is 0 Å². The van der Waals surface area contributed by atoms with Crippen molar-refractivity contribution in [3.05, 3.63) is 35.1 Å². The van der Waals surface area contributed by atoms with Crippen molar-refractivity contribution < 1.29 is 23.2 Å². The van der Waals surface area contributed by atoms with Crippen LogP contribution < -0.4 is 11.1 Å². The molecule has 4 N–H and O–H groups in total. The maximum atomic E-state index is 13.5. The van der Waals surface area contributed by atoms with Crippen LogP contribution in [-0.4, -0.2) is 23.0 Å². The van der Waals surface area contributed by atoms with Crippen LogP contribution in [0.1, 0.15) is 24.2 Å². The molecular formula is C12H14F3N3O2. The zero-order valence-corrected chi connectivity index (χ0v) is 10.8. The minimum Gasteiger partial charge on any atom is -0.409 e. The number of nitrogens with two attached hydrogens (primary N) is 1. The molecule has 8 heteroatoms. The molecule has 0 bridgehead atoms. The molecule has 0 spiro atoms. The fourth-order valence-corrected chi connectivity index (χ4v) is 1.56. The lowest BCUT2D eigenvalue weighted by Crippen LogP contribution is -2.48. The largest absolute Gasteiger partial charge is 0.409 e. The first kappa shape index (κ1) is 15.8.